The van der Waals surface area contributed by atoms with Crippen molar-refractivity contribution in [3.05, 3.63) is 0 Å². The number of nitrogens with two attached hydrogens (primary N) is 2. The normalized spacial score (nSPS) is 14.9. The highest BCUT2D eigenvalue weighted by Crippen LogP contribution is 1.99. The summed E-state index contributed by atoms with van der Waals surface area (Å²) >= 11 is 0. The van der Waals surface area contributed by atoms with Gasteiger partial charge in [0.1, 0.15) is 0 Å². The Balaban J connectivity index is 3.99. The molecule has 0 heterocycles. The van der Waals surface area contributed by atoms with Crippen molar-refractivity contribution in [1.82, 2.24) is 5.32 Å². The first-order valence-electron chi connectivity index (χ1n) is 4.68. The Hall–Kier alpha value is -1.10. The van der Waals surface area contributed by atoms with Crippen LogP contribution in [0.4, 0.5) is 0 Å². The number of nitrogens with one attached hydrogen (secondary N) is 1. The molecule has 5 nitrogen and oxygen atoms in total. The zero-order valence-electron chi connectivity index (χ0n) is 8.91. The van der Waals surface area contributed by atoms with Crippen LogP contribution in [0.25, 0.3) is 0 Å². The topological polar surface area (TPSA) is 98.2 Å². The van der Waals surface area contributed by atoms with E-state index in [0.29, 0.717) is 0 Å². The fourth-order valence-corrected chi connectivity index (χ4v) is 0.995. The summed E-state index contributed by atoms with van der Waals surface area (Å²) in [5, 5.41) is 2.63. The van der Waals surface area contributed by atoms with E-state index >= 15 is 0 Å². The van der Waals surface area contributed by atoms with Gasteiger partial charge in [0.05, 0.1) is 6.04 Å². The first kappa shape index (κ1) is 12.9. The zero-order valence-corrected chi connectivity index (χ0v) is 8.91. The molecule has 0 aromatic carbocycles. The fourth-order valence-electron chi connectivity index (χ4n) is 0.995. The molecule has 0 aromatic heterocycles. The van der Waals surface area contributed by atoms with Crippen molar-refractivity contribution in [1.29, 1.82) is 0 Å². The Morgan fingerprint density at radius 3 is 2.14 bits per heavy atom. The average Bonchev–Trinajstić information content (AvgIpc) is 2.00. The standard InChI is InChI=1S/C9H19N3O2/c1-5(2)8(11)9(14)12-6(3)4-7(10)13/h5-6,8H,4,11H2,1-3H3,(H2,10,13)(H,12,14)/t6?,8-/m0/s1. The highest BCUT2D eigenvalue weighted by molar-refractivity contribution is 5.83. The second-order valence-corrected chi connectivity index (χ2v) is 3.85. The molecule has 0 aromatic rings. The summed E-state index contributed by atoms with van der Waals surface area (Å²) in [5.41, 5.74) is 10.6. The third kappa shape index (κ3) is 4.81. The van der Waals surface area contributed by atoms with Crippen molar-refractivity contribution in [3.8, 4) is 0 Å². The molecular formula is C9H19N3O2. The van der Waals surface area contributed by atoms with Crippen LogP contribution in [-0.4, -0.2) is 23.9 Å². The van der Waals surface area contributed by atoms with Gasteiger partial charge in [-0.05, 0) is 12.8 Å². The maximum Gasteiger partial charge on any atom is 0.237 e. The molecule has 0 aliphatic rings. The number of primary amides is 1. The van der Waals surface area contributed by atoms with E-state index in [2.05, 4.69) is 5.32 Å². The number of hydrogen-bond acceptors (Lipinski definition) is 3. The number of carbonyl (C=O) groups is 2. The summed E-state index contributed by atoms with van der Waals surface area (Å²) in [5.74, 6) is -0.597. The van der Waals surface area contributed by atoms with Gasteiger partial charge in [0, 0.05) is 12.5 Å². The van der Waals surface area contributed by atoms with Crippen molar-refractivity contribution in [2.24, 2.45) is 17.4 Å². The van der Waals surface area contributed by atoms with E-state index in [0.717, 1.165) is 0 Å². The molecule has 0 radical (unpaired) electrons. The first-order chi connectivity index (χ1) is 6.34. The van der Waals surface area contributed by atoms with Crippen LogP contribution >= 0.6 is 0 Å². The second-order valence-electron chi connectivity index (χ2n) is 3.85. The molecular weight excluding hydrogens is 182 g/mol. The minimum absolute atomic E-state index is 0.0794. The summed E-state index contributed by atoms with van der Waals surface area (Å²) in [7, 11) is 0. The van der Waals surface area contributed by atoms with Gasteiger partial charge >= 0.3 is 0 Å². The molecule has 5 heteroatoms. The highest BCUT2D eigenvalue weighted by atomic mass is 16.2. The number of hydrogen-bond donors (Lipinski definition) is 3. The number of amides is 2. The van der Waals surface area contributed by atoms with Gasteiger partial charge in [0.15, 0.2) is 0 Å². The minimum Gasteiger partial charge on any atom is -0.370 e. The van der Waals surface area contributed by atoms with Gasteiger partial charge in [-0.1, -0.05) is 13.8 Å². The van der Waals surface area contributed by atoms with Crippen molar-refractivity contribution >= 4 is 11.8 Å². The Labute approximate surface area is 84.2 Å². The largest absolute Gasteiger partial charge is 0.370 e. The quantitative estimate of drug-likeness (QED) is 0.551. The van der Waals surface area contributed by atoms with Gasteiger partial charge in [0.25, 0.3) is 0 Å². The van der Waals surface area contributed by atoms with Gasteiger partial charge in [-0.25, -0.2) is 0 Å². The molecule has 82 valence electrons. The summed E-state index contributed by atoms with van der Waals surface area (Å²) < 4.78 is 0. The predicted octanol–water partition coefficient (Wildman–Crippen LogP) is -0.650. The first-order valence-corrected chi connectivity index (χ1v) is 4.68. The SMILES string of the molecule is CC(CC(N)=O)NC(=O)[C@@H](N)C(C)C. The molecule has 2 amide bonds. The lowest BCUT2D eigenvalue weighted by molar-refractivity contribution is -0.124. The molecule has 14 heavy (non-hydrogen) atoms. The van der Waals surface area contributed by atoms with E-state index < -0.39 is 11.9 Å². The summed E-state index contributed by atoms with van der Waals surface area (Å²) in [6, 6.07) is -0.796. The molecule has 0 spiro atoms. The monoisotopic (exact) mass is 201 g/mol. The Morgan fingerprint density at radius 2 is 1.79 bits per heavy atom. The molecule has 0 bridgehead atoms. The third-order valence-corrected chi connectivity index (χ3v) is 1.92. The second kappa shape index (κ2) is 5.59. The lowest BCUT2D eigenvalue weighted by Crippen LogP contribution is -2.47. The van der Waals surface area contributed by atoms with Crippen LogP contribution in [0.15, 0.2) is 0 Å². The van der Waals surface area contributed by atoms with Crippen LogP contribution < -0.4 is 16.8 Å². The molecule has 1 unspecified atom stereocenters. The van der Waals surface area contributed by atoms with E-state index in [1.165, 1.54) is 0 Å². The third-order valence-electron chi connectivity index (χ3n) is 1.92. The smallest absolute Gasteiger partial charge is 0.237 e. The van der Waals surface area contributed by atoms with Crippen LogP contribution in [0.2, 0.25) is 0 Å². The Morgan fingerprint density at radius 1 is 1.29 bits per heavy atom. The van der Waals surface area contributed by atoms with E-state index in [-0.39, 0.29) is 24.3 Å². The molecule has 0 fully saturated rings. The molecule has 0 saturated carbocycles. The maximum absolute atomic E-state index is 11.4. The zero-order chi connectivity index (χ0) is 11.3. The lowest BCUT2D eigenvalue weighted by Gasteiger charge is -2.18. The van der Waals surface area contributed by atoms with Crippen LogP contribution in [-0.2, 0) is 9.59 Å². The van der Waals surface area contributed by atoms with E-state index in [1.54, 1.807) is 6.92 Å². The van der Waals surface area contributed by atoms with Gasteiger partial charge in [-0.3, -0.25) is 9.59 Å². The summed E-state index contributed by atoms with van der Waals surface area (Å²) in [6.45, 7) is 5.45. The molecule has 0 saturated heterocycles. The minimum atomic E-state index is -0.537. The summed E-state index contributed by atoms with van der Waals surface area (Å²) in [4.78, 5) is 21.9. The van der Waals surface area contributed by atoms with E-state index in [9.17, 15) is 9.59 Å². The van der Waals surface area contributed by atoms with Crippen LogP contribution in [0.5, 0.6) is 0 Å². The van der Waals surface area contributed by atoms with Gasteiger partial charge < -0.3 is 16.8 Å². The highest BCUT2D eigenvalue weighted by Gasteiger charge is 2.19. The fraction of sp³-hybridized carbons (Fsp3) is 0.778. The average molecular weight is 201 g/mol. The lowest BCUT2D eigenvalue weighted by atomic mass is 10.0. The summed E-state index contributed by atoms with van der Waals surface area (Å²) in [6.07, 6.45) is 0.135. The van der Waals surface area contributed by atoms with Crippen molar-refractivity contribution < 1.29 is 9.59 Å². The molecule has 0 aliphatic carbocycles. The maximum atomic E-state index is 11.4. The van der Waals surface area contributed by atoms with Crippen LogP contribution in [0, 0.1) is 5.92 Å². The van der Waals surface area contributed by atoms with Crippen molar-refractivity contribution in [2.75, 3.05) is 0 Å². The van der Waals surface area contributed by atoms with Crippen LogP contribution in [0.3, 0.4) is 0 Å². The van der Waals surface area contributed by atoms with Gasteiger partial charge in [-0.15, -0.1) is 0 Å². The predicted molar refractivity (Wildman–Crippen MR) is 54.2 cm³/mol. The number of rotatable bonds is 5. The van der Waals surface area contributed by atoms with E-state index in [4.69, 9.17) is 11.5 Å². The van der Waals surface area contributed by atoms with Crippen molar-refractivity contribution in [3.63, 3.8) is 0 Å². The number of carbonyl (C=O) groups excluding carboxylic acids is 2. The van der Waals surface area contributed by atoms with Crippen molar-refractivity contribution in [2.45, 2.75) is 39.3 Å². The molecule has 5 N–H and O–H groups in total. The molecule has 0 rings (SSSR count). The van der Waals surface area contributed by atoms with Gasteiger partial charge in [0.2, 0.25) is 11.8 Å². The van der Waals surface area contributed by atoms with Gasteiger partial charge in [-0.2, -0.15) is 0 Å². The van der Waals surface area contributed by atoms with E-state index in [1.807, 2.05) is 13.8 Å². The molecule has 0 aliphatic heterocycles. The van der Waals surface area contributed by atoms with Crippen LogP contribution in [0.1, 0.15) is 27.2 Å². The Kier molecular flexibility index (Phi) is 5.15. The molecule has 2 atom stereocenters. The Bertz CT molecular complexity index is 216.